The molecule has 2 heteroatoms. The maximum Gasteiger partial charge on any atom is 0.303 e. The molecule has 4 aromatic carbocycles. The van der Waals surface area contributed by atoms with E-state index in [-0.39, 0.29) is 11.9 Å². The lowest BCUT2D eigenvalue weighted by Gasteiger charge is -2.53. The molecule has 0 amide bonds. The van der Waals surface area contributed by atoms with Gasteiger partial charge in [-0.1, -0.05) is 103 Å². The second-order valence-corrected chi connectivity index (χ2v) is 8.40. The van der Waals surface area contributed by atoms with E-state index < -0.39 is 11.5 Å². The fourth-order valence-corrected chi connectivity index (χ4v) is 5.89. The van der Waals surface area contributed by atoms with Gasteiger partial charge < -0.3 is 4.74 Å². The molecule has 0 radical (unpaired) electrons. The maximum atomic E-state index is 12.5. The van der Waals surface area contributed by atoms with Crippen molar-refractivity contribution < 1.29 is 9.53 Å². The predicted molar refractivity (Wildman–Crippen MR) is 121 cm³/mol. The van der Waals surface area contributed by atoms with Gasteiger partial charge in [-0.3, -0.25) is 4.79 Å². The van der Waals surface area contributed by atoms with E-state index in [1.807, 2.05) is 18.2 Å². The van der Waals surface area contributed by atoms with Crippen molar-refractivity contribution in [1.29, 1.82) is 0 Å². The van der Waals surface area contributed by atoms with Gasteiger partial charge >= 0.3 is 5.97 Å². The van der Waals surface area contributed by atoms with E-state index in [1.165, 1.54) is 40.3 Å². The van der Waals surface area contributed by atoms with E-state index in [9.17, 15) is 4.79 Å². The zero-order chi connectivity index (χ0) is 21.0. The van der Waals surface area contributed by atoms with Crippen LogP contribution in [0.3, 0.4) is 0 Å². The predicted octanol–water partition coefficient (Wildman–Crippen LogP) is 6.13. The molecule has 0 saturated carbocycles. The molecule has 2 nitrogen and oxygen atoms in total. The largest absolute Gasteiger partial charge is 0.456 e. The maximum absolute atomic E-state index is 12.5. The molecule has 1 unspecified atom stereocenters. The lowest BCUT2D eigenvalue weighted by atomic mass is 9.50. The fraction of sp³-hybridized carbons (Fsp3) is 0.138. The lowest BCUT2D eigenvalue weighted by Crippen LogP contribution is -2.47. The molecule has 1 atom stereocenters. The molecule has 0 fully saturated rings. The second kappa shape index (κ2) is 6.68. The summed E-state index contributed by atoms with van der Waals surface area (Å²) in [6.45, 7) is 1.50. The average Bonchev–Trinajstić information content (AvgIpc) is 2.83. The molecule has 3 aliphatic rings. The van der Waals surface area contributed by atoms with Gasteiger partial charge in [0.2, 0.25) is 0 Å². The first-order valence-electron chi connectivity index (χ1n) is 10.7. The van der Waals surface area contributed by atoms with Crippen LogP contribution in [0.15, 0.2) is 103 Å². The first-order chi connectivity index (χ1) is 15.2. The highest BCUT2D eigenvalue weighted by Gasteiger charge is 2.57. The molecule has 150 valence electrons. The molecule has 0 aromatic heterocycles. The third kappa shape index (κ3) is 2.36. The van der Waals surface area contributed by atoms with Gasteiger partial charge in [0.1, 0.15) is 6.10 Å². The minimum atomic E-state index is -0.606. The van der Waals surface area contributed by atoms with Crippen molar-refractivity contribution in [3.05, 3.63) is 142 Å². The van der Waals surface area contributed by atoms with Crippen LogP contribution in [-0.2, 0) is 14.9 Å². The van der Waals surface area contributed by atoms with E-state index in [0.717, 1.165) is 5.56 Å². The van der Waals surface area contributed by atoms with Gasteiger partial charge in [-0.2, -0.15) is 0 Å². The summed E-state index contributed by atoms with van der Waals surface area (Å²) in [4.78, 5) is 12.5. The molecule has 0 spiro atoms. The summed E-state index contributed by atoms with van der Waals surface area (Å²) in [5, 5.41) is 0. The number of esters is 1. The van der Waals surface area contributed by atoms with Gasteiger partial charge in [0.15, 0.2) is 0 Å². The Morgan fingerprint density at radius 2 is 1.10 bits per heavy atom. The number of benzene rings is 4. The molecule has 0 N–H and O–H groups in total. The second-order valence-electron chi connectivity index (χ2n) is 8.40. The summed E-state index contributed by atoms with van der Waals surface area (Å²) in [6.07, 6.45) is -0.476. The Balaban J connectivity index is 1.79. The average molecular weight is 402 g/mol. The number of rotatable bonds is 3. The summed E-state index contributed by atoms with van der Waals surface area (Å²) < 4.78 is 6.23. The Morgan fingerprint density at radius 3 is 1.55 bits per heavy atom. The minimum Gasteiger partial charge on any atom is -0.456 e. The number of hydrogen-bond acceptors (Lipinski definition) is 2. The summed E-state index contributed by atoms with van der Waals surface area (Å²) in [6, 6.07) is 36.1. The fourth-order valence-electron chi connectivity index (χ4n) is 5.89. The topological polar surface area (TPSA) is 26.3 Å². The molecule has 7 rings (SSSR count). The van der Waals surface area contributed by atoms with Gasteiger partial charge in [0, 0.05) is 12.8 Å². The SMILES string of the molecule is CC(=O)OC(c1ccccc1)C12c3ccccc3C(c3ccccc31)c1ccccc12. The van der Waals surface area contributed by atoms with Crippen LogP contribution in [0.1, 0.15) is 57.9 Å². The third-order valence-electron chi connectivity index (χ3n) is 6.87. The van der Waals surface area contributed by atoms with Crippen molar-refractivity contribution in [2.45, 2.75) is 24.4 Å². The molecule has 2 bridgehead atoms. The first kappa shape index (κ1) is 18.1. The van der Waals surface area contributed by atoms with Crippen molar-refractivity contribution in [3.8, 4) is 0 Å². The summed E-state index contributed by atoms with van der Waals surface area (Å²) in [5.74, 6) is -0.0809. The minimum absolute atomic E-state index is 0.194. The van der Waals surface area contributed by atoms with Crippen molar-refractivity contribution in [2.24, 2.45) is 0 Å². The normalized spacial score (nSPS) is 20.9. The van der Waals surface area contributed by atoms with Crippen LogP contribution in [-0.4, -0.2) is 5.97 Å². The molecule has 3 aliphatic carbocycles. The van der Waals surface area contributed by atoms with Gasteiger partial charge in [0.05, 0.1) is 5.41 Å². The zero-order valence-electron chi connectivity index (χ0n) is 17.3. The van der Waals surface area contributed by atoms with Gasteiger partial charge in [-0.25, -0.2) is 0 Å². The number of carbonyl (C=O) groups is 1. The molecule has 31 heavy (non-hydrogen) atoms. The Kier molecular flexibility index (Phi) is 3.91. The third-order valence-corrected chi connectivity index (χ3v) is 6.87. The Hall–Kier alpha value is -3.65. The monoisotopic (exact) mass is 402 g/mol. The highest BCUT2D eigenvalue weighted by Crippen LogP contribution is 2.63. The zero-order valence-corrected chi connectivity index (χ0v) is 17.3. The molecule has 0 aliphatic heterocycles. The quantitative estimate of drug-likeness (QED) is 0.385. The van der Waals surface area contributed by atoms with Crippen LogP contribution in [0.4, 0.5) is 0 Å². The Labute approximate surface area is 182 Å². The van der Waals surface area contributed by atoms with Crippen LogP contribution < -0.4 is 0 Å². The van der Waals surface area contributed by atoms with Crippen molar-refractivity contribution in [3.63, 3.8) is 0 Å². The summed E-state index contributed by atoms with van der Waals surface area (Å²) in [7, 11) is 0. The number of hydrogen-bond donors (Lipinski definition) is 0. The Bertz CT molecular complexity index is 1190. The van der Waals surface area contributed by atoms with Crippen LogP contribution in [0, 0.1) is 0 Å². The van der Waals surface area contributed by atoms with Crippen molar-refractivity contribution in [2.75, 3.05) is 0 Å². The van der Waals surface area contributed by atoms with Crippen LogP contribution in [0.2, 0.25) is 0 Å². The Morgan fingerprint density at radius 1 is 0.677 bits per heavy atom. The number of ether oxygens (including phenoxy) is 1. The van der Waals surface area contributed by atoms with E-state index >= 15 is 0 Å². The molecular formula is C29H22O2. The van der Waals surface area contributed by atoms with Gasteiger partial charge in [-0.05, 0) is 38.9 Å². The van der Waals surface area contributed by atoms with Crippen LogP contribution in [0.25, 0.3) is 0 Å². The van der Waals surface area contributed by atoms with Gasteiger partial charge in [0.25, 0.3) is 0 Å². The standard InChI is InChI=1S/C29H22O2/c1-19(30)31-28(20-11-3-2-4-12-20)29-24-16-8-5-13-21(24)27(22-14-6-9-17-25(22)29)23-15-7-10-18-26(23)29/h2-18,27-28H,1H3. The molecule has 4 aromatic rings. The number of carbonyl (C=O) groups excluding carboxylic acids is 1. The highest BCUT2D eigenvalue weighted by molar-refractivity contribution is 5.74. The van der Waals surface area contributed by atoms with Gasteiger partial charge in [-0.15, -0.1) is 0 Å². The van der Waals surface area contributed by atoms with Crippen LogP contribution >= 0.6 is 0 Å². The van der Waals surface area contributed by atoms with E-state index in [2.05, 4.69) is 84.9 Å². The summed E-state index contributed by atoms with van der Waals surface area (Å²) in [5.41, 5.74) is 7.98. The van der Waals surface area contributed by atoms with E-state index in [4.69, 9.17) is 4.74 Å². The summed E-state index contributed by atoms with van der Waals surface area (Å²) >= 11 is 0. The lowest BCUT2D eigenvalue weighted by molar-refractivity contribution is -0.149. The van der Waals surface area contributed by atoms with Crippen LogP contribution in [0.5, 0.6) is 0 Å². The van der Waals surface area contributed by atoms with E-state index in [0.29, 0.717) is 0 Å². The molecule has 0 heterocycles. The first-order valence-corrected chi connectivity index (χ1v) is 10.7. The molecular weight excluding hydrogens is 380 g/mol. The smallest absolute Gasteiger partial charge is 0.303 e. The van der Waals surface area contributed by atoms with Crippen molar-refractivity contribution in [1.82, 2.24) is 0 Å². The van der Waals surface area contributed by atoms with E-state index in [1.54, 1.807) is 0 Å². The highest BCUT2D eigenvalue weighted by atomic mass is 16.5. The molecule has 0 saturated heterocycles. The van der Waals surface area contributed by atoms with Crippen molar-refractivity contribution >= 4 is 5.97 Å².